The molecular formula is C25H34N2O3. The molecule has 0 aromatic carbocycles. The Kier molecular flexibility index (Phi) is 4.37. The van der Waals surface area contributed by atoms with Crippen LogP contribution in [0.25, 0.3) is 0 Å². The van der Waals surface area contributed by atoms with Gasteiger partial charge in [0.15, 0.2) is 0 Å². The lowest BCUT2D eigenvalue weighted by Crippen LogP contribution is -2.51. The minimum Gasteiger partial charge on any atom is -0.462 e. The number of hydrogen-bond acceptors (Lipinski definition) is 4. The zero-order valence-electron chi connectivity index (χ0n) is 19.0. The van der Waals surface area contributed by atoms with Gasteiger partial charge in [-0.05, 0) is 74.0 Å². The fraction of sp³-hybridized carbons (Fsp3) is 0.720. The lowest BCUT2D eigenvalue weighted by atomic mass is 9.47. The van der Waals surface area contributed by atoms with E-state index in [1.807, 2.05) is 0 Å². The van der Waals surface area contributed by atoms with Gasteiger partial charge < -0.3 is 4.74 Å². The lowest BCUT2D eigenvalue weighted by Gasteiger charge is -2.57. The maximum atomic E-state index is 12.2. The molecule has 1 aromatic heterocycles. The minimum atomic E-state index is -0.162. The molecule has 4 aliphatic carbocycles. The zero-order chi connectivity index (χ0) is 21.4. The average Bonchev–Trinajstić information content (AvgIpc) is 3.16. The minimum absolute atomic E-state index is 0.0275. The van der Waals surface area contributed by atoms with Crippen molar-refractivity contribution in [2.45, 2.75) is 91.1 Å². The molecule has 162 valence electrons. The first-order valence-corrected chi connectivity index (χ1v) is 11.6. The summed E-state index contributed by atoms with van der Waals surface area (Å²) in [7, 11) is 0. The molecule has 0 saturated heterocycles. The molecule has 0 radical (unpaired) electrons. The number of allylic oxidation sites excluding steroid dienone is 1. The first-order chi connectivity index (χ1) is 14.1. The number of hydrogen-bond donors (Lipinski definition) is 0. The van der Waals surface area contributed by atoms with Crippen LogP contribution in [0.2, 0.25) is 0 Å². The van der Waals surface area contributed by atoms with Gasteiger partial charge in [-0.1, -0.05) is 25.5 Å². The van der Waals surface area contributed by atoms with Crippen molar-refractivity contribution in [1.82, 2.24) is 9.78 Å². The van der Waals surface area contributed by atoms with Crippen molar-refractivity contribution in [3.8, 4) is 0 Å². The van der Waals surface area contributed by atoms with E-state index in [2.05, 4.69) is 31.9 Å². The summed E-state index contributed by atoms with van der Waals surface area (Å²) in [5.74, 6) is 1.77. The second-order valence-corrected chi connectivity index (χ2v) is 10.7. The van der Waals surface area contributed by atoms with Crippen LogP contribution in [0.15, 0.2) is 11.6 Å². The van der Waals surface area contributed by atoms with E-state index in [1.165, 1.54) is 36.6 Å². The van der Waals surface area contributed by atoms with Crippen LogP contribution < -0.4 is 0 Å². The molecule has 0 bridgehead atoms. The lowest BCUT2D eigenvalue weighted by molar-refractivity contribution is -0.148. The van der Waals surface area contributed by atoms with Crippen LogP contribution >= 0.6 is 0 Å². The van der Waals surface area contributed by atoms with Gasteiger partial charge in [0.05, 0.1) is 11.4 Å². The molecule has 0 aliphatic heterocycles. The van der Waals surface area contributed by atoms with E-state index in [-0.39, 0.29) is 28.8 Å². The van der Waals surface area contributed by atoms with Crippen LogP contribution in [-0.4, -0.2) is 27.8 Å². The van der Waals surface area contributed by atoms with E-state index in [9.17, 15) is 9.59 Å². The third kappa shape index (κ3) is 2.63. The Bertz CT molecular complexity index is 960. The van der Waals surface area contributed by atoms with Crippen molar-refractivity contribution in [1.29, 1.82) is 0 Å². The van der Waals surface area contributed by atoms with Crippen molar-refractivity contribution >= 4 is 11.9 Å². The Labute approximate surface area is 179 Å². The second kappa shape index (κ2) is 6.54. The summed E-state index contributed by atoms with van der Waals surface area (Å²) in [4.78, 5) is 23.7. The molecule has 0 unspecified atom stereocenters. The number of ether oxygens (including phenoxy) is 1. The van der Waals surface area contributed by atoms with Gasteiger partial charge in [0, 0.05) is 25.8 Å². The van der Waals surface area contributed by atoms with Gasteiger partial charge in [-0.3, -0.25) is 9.59 Å². The van der Waals surface area contributed by atoms with Crippen LogP contribution in [0.5, 0.6) is 0 Å². The fourth-order valence-electron chi connectivity index (χ4n) is 7.95. The predicted octanol–water partition coefficient (Wildman–Crippen LogP) is 4.76. The molecule has 1 heterocycles. The smallest absolute Gasteiger partial charge is 0.302 e. The summed E-state index contributed by atoms with van der Waals surface area (Å²) < 4.78 is 7.25. The summed E-state index contributed by atoms with van der Waals surface area (Å²) in [5, 5.41) is 4.60. The van der Waals surface area contributed by atoms with Crippen molar-refractivity contribution in [2.75, 3.05) is 0 Å². The zero-order valence-corrected chi connectivity index (χ0v) is 19.0. The first-order valence-electron chi connectivity index (χ1n) is 11.6. The van der Waals surface area contributed by atoms with Crippen LogP contribution in [0.3, 0.4) is 0 Å². The highest BCUT2D eigenvalue weighted by Crippen LogP contribution is 2.64. The quantitative estimate of drug-likeness (QED) is 0.495. The molecule has 5 rings (SSSR count). The van der Waals surface area contributed by atoms with Gasteiger partial charge in [-0.15, -0.1) is 0 Å². The Morgan fingerprint density at radius 3 is 2.53 bits per heavy atom. The molecule has 6 atom stereocenters. The number of aryl methyl sites for hydroxylation is 1. The van der Waals surface area contributed by atoms with E-state index in [0.29, 0.717) is 17.8 Å². The van der Waals surface area contributed by atoms with Gasteiger partial charge in [0.25, 0.3) is 0 Å². The Balaban J connectivity index is 1.47. The Morgan fingerprint density at radius 2 is 1.83 bits per heavy atom. The second-order valence-electron chi connectivity index (χ2n) is 10.7. The van der Waals surface area contributed by atoms with E-state index in [0.717, 1.165) is 37.8 Å². The summed E-state index contributed by atoms with van der Waals surface area (Å²) in [6.07, 6.45) is 10.00. The Morgan fingerprint density at radius 1 is 1.10 bits per heavy atom. The van der Waals surface area contributed by atoms with E-state index >= 15 is 0 Å². The summed E-state index contributed by atoms with van der Waals surface area (Å²) in [6, 6.07) is 0. The normalized spacial score (nSPS) is 39.3. The van der Waals surface area contributed by atoms with Crippen LogP contribution in [0.1, 0.15) is 88.0 Å². The van der Waals surface area contributed by atoms with Gasteiger partial charge in [-0.25, -0.2) is 4.68 Å². The molecular weight excluding hydrogens is 376 g/mol. The maximum Gasteiger partial charge on any atom is 0.302 e. The van der Waals surface area contributed by atoms with Gasteiger partial charge in [0.2, 0.25) is 5.91 Å². The number of esters is 1. The van der Waals surface area contributed by atoms with Gasteiger partial charge in [0.1, 0.15) is 6.10 Å². The topological polar surface area (TPSA) is 61.2 Å². The number of carbonyl (C=O) groups excluding carboxylic acids is 2. The maximum absolute atomic E-state index is 12.2. The highest BCUT2D eigenvalue weighted by molar-refractivity contribution is 5.77. The van der Waals surface area contributed by atoms with Crippen LogP contribution in [-0.2, 0) is 21.4 Å². The molecule has 4 aliphatic rings. The number of fused-ring (bicyclic) bond motifs is 7. The predicted molar refractivity (Wildman–Crippen MR) is 114 cm³/mol. The first kappa shape index (κ1) is 20.0. The summed E-state index contributed by atoms with van der Waals surface area (Å²) in [6.45, 7) is 10.1. The van der Waals surface area contributed by atoms with E-state index in [4.69, 9.17) is 4.74 Å². The van der Waals surface area contributed by atoms with Gasteiger partial charge >= 0.3 is 5.97 Å². The SMILES string of the molecule is CC(=O)O[C@@H]1CC[C@]2(C)C(=CC[C@H]3[C@@H]4Cc5c(c(C)nn5C(C)=O)[C@]4(C)CC[C@@H]32)C1. The number of rotatable bonds is 1. The molecule has 0 amide bonds. The van der Waals surface area contributed by atoms with Crippen molar-refractivity contribution in [3.63, 3.8) is 0 Å². The van der Waals surface area contributed by atoms with E-state index < -0.39 is 0 Å². The number of aromatic nitrogens is 2. The molecule has 2 fully saturated rings. The highest BCUT2D eigenvalue weighted by Gasteiger charge is 2.59. The van der Waals surface area contributed by atoms with Crippen molar-refractivity contribution in [2.24, 2.45) is 23.2 Å². The molecule has 0 N–H and O–H groups in total. The molecule has 0 spiro atoms. The van der Waals surface area contributed by atoms with Crippen molar-refractivity contribution < 1.29 is 14.3 Å². The molecule has 30 heavy (non-hydrogen) atoms. The van der Waals surface area contributed by atoms with Gasteiger partial charge in [-0.2, -0.15) is 5.10 Å². The third-order valence-electron chi connectivity index (χ3n) is 9.22. The highest BCUT2D eigenvalue weighted by atomic mass is 16.5. The summed E-state index contributed by atoms with van der Waals surface area (Å²) >= 11 is 0. The van der Waals surface area contributed by atoms with Crippen LogP contribution in [0.4, 0.5) is 0 Å². The van der Waals surface area contributed by atoms with Crippen molar-refractivity contribution in [3.05, 3.63) is 28.6 Å². The van der Waals surface area contributed by atoms with E-state index in [1.54, 1.807) is 11.6 Å². The Hall–Kier alpha value is -1.91. The monoisotopic (exact) mass is 410 g/mol. The van der Waals surface area contributed by atoms with Crippen LogP contribution in [0, 0.1) is 30.1 Å². The molecule has 1 aromatic rings. The standard InChI is InChI=1S/C25H34N2O3/c1-14-23-22(27(26-14)15(2)28)13-21-19-7-6-17-12-18(30-16(3)29)8-10-24(17,4)20(19)9-11-25(21,23)5/h6,18-21H,7-13H2,1-5H3/t18-,19-,20+,21+,24-,25-/m1/s1. The summed E-state index contributed by atoms with van der Waals surface area (Å²) in [5.41, 5.74) is 5.45. The number of nitrogens with zero attached hydrogens (tertiary/aromatic N) is 2. The molecule has 2 saturated carbocycles. The number of carbonyl (C=O) groups is 2. The third-order valence-corrected chi connectivity index (χ3v) is 9.22. The molecule has 5 nitrogen and oxygen atoms in total. The average molecular weight is 411 g/mol. The fourth-order valence-corrected chi connectivity index (χ4v) is 7.95. The molecule has 5 heteroatoms. The largest absolute Gasteiger partial charge is 0.462 e.